The minimum atomic E-state index is -4.64. The molecule has 0 bridgehead atoms. The predicted molar refractivity (Wildman–Crippen MR) is 118 cm³/mol. The first-order valence-corrected chi connectivity index (χ1v) is 11.7. The number of sulfone groups is 1. The Morgan fingerprint density at radius 3 is 2.29 bits per heavy atom. The smallest absolute Gasteiger partial charge is 0.348 e. The van der Waals surface area contributed by atoms with E-state index in [4.69, 9.17) is 0 Å². The largest absolute Gasteiger partial charge is 0.416 e. The third-order valence-corrected chi connectivity index (χ3v) is 6.14. The zero-order valence-corrected chi connectivity index (χ0v) is 18.8. The summed E-state index contributed by atoms with van der Waals surface area (Å²) in [7, 11) is -3.40. The number of hydrogen-bond donors (Lipinski definition) is 1. The molecule has 0 spiro atoms. The molecule has 178 valence electrons. The molecule has 0 aliphatic heterocycles. The van der Waals surface area contributed by atoms with E-state index in [2.05, 4.69) is 5.32 Å². The number of aromatic nitrogens is 1. The Hall–Kier alpha value is -3.73. The second kappa shape index (κ2) is 9.26. The van der Waals surface area contributed by atoms with E-state index in [0.29, 0.717) is 11.8 Å². The molecule has 34 heavy (non-hydrogen) atoms. The number of halogens is 3. The molecule has 11 heteroatoms. The van der Waals surface area contributed by atoms with Gasteiger partial charge in [-0.2, -0.15) is 13.2 Å². The lowest BCUT2D eigenvalue weighted by Crippen LogP contribution is -2.35. The molecule has 0 unspecified atom stereocenters. The number of aldehydes is 1. The van der Waals surface area contributed by atoms with Gasteiger partial charge in [-0.15, -0.1) is 0 Å². The number of alkyl halides is 3. The van der Waals surface area contributed by atoms with Crippen LogP contribution in [0.5, 0.6) is 0 Å². The highest BCUT2D eigenvalue weighted by Crippen LogP contribution is 2.30. The van der Waals surface area contributed by atoms with Crippen LogP contribution in [0.2, 0.25) is 0 Å². The third-order valence-electron chi connectivity index (χ3n) is 5.01. The van der Waals surface area contributed by atoms with Crippen LogP contribution in [0, 0.1) is 6.92 Å². The fourth-order valence-electron chi connectivity index (χ4n) is 3.35. The maximum atomic E-state index is 13.1. The van der Waals surface area contributed by atoms with Crippen molar-refractivity contribution in [3.63, 3.8) is 0 Å². The number of pyridine rings is 1. The van der Waals surface area contributed by atoms with Crippen molar-refractivity contribution in [1.82, 2.24) is 9.88 Å². The van der Waals surface area contributed by atoms with Gasteiger partial charge in [-0.05, 0) is 48.9 Å². The van der Waals surface area contributed by atoms with Crippen molar-refractivity contribution in [2.45, 2.75) is 24.5 Å². The summed E-state index contributed by atoms with van der Waals surface area (Å²) in [6, 6.07) is 11.0. The van der Waals surface area contributed by atoms with Crippen LogP contribution in [-0.4, -0.2) is 31.4 Å². The molecule has 0 aliphatic carbocycles. The number of nitrogens with zero attached hydrogens (tertiary/aromatic N) is 1. The minimum Gasteiger partial charge on any atom is -0.348 e. The van der Waals surface area contributed by atoms with Crippen molar-refractivity contribution in [1.29, 1.82) is 0 Å². The molecular weight excluding hydrogens is 473 g/mol. The maximum absolute atomic E-state index is 13.1. The van der Waals surface area contributed by atoms with Gasteiger partial charge in [0.25, 0.3) is 11.5 Å². The molecule has 7 nitrogen and oxygen atoms in total. The van der Waals surface area contributed by atoms with E-state index >= 15 is 0 Å². The van der Waals surface area contributed by atoms with Crippen molar-refractivity contribution < 1.29 is 31.2 Å². The van der Waals surface area contributed by atoms with Crippen LogP contribution in [0.25, 0.3) is 5.69 Å². The van der Waals surface area contributed by atoms with Crippen LogP contribution in [0.4, 0.5) is 13.2 Å². The molecule has 1 N–H and O–H groups in total. The third kappa shape index (κ3) is 5.25. The van der Waals surface area contributed by atoms with Gasteiger partial charge in [-0.25, -0.2) is 8.42 Å². The maximum Gasteiger partial charge on any atom is 0.416 e. The first kappa shape index (κ1) is 24.9. The summed E-state index contributed by atoms with van der Waals surface area (Å²) in [4.78, 5) is 37.6. The first-order chi connectivity index (χ1) is 15.8. The standard InChI is InChI=1S/C23H19F3N2O5S/c1-14-10-16(13-29)20(21(30)27-12-15-6-8-19(9-7-15)34(2,32)33)22(31)28(14)18-5-3-4-17(11-18)23(24,25)26/h3-11,13H,12H2,1-2H3,(H,27,30). The van der Waals surface area contributed by atoms with E-state index in [1.54, 1.807) is 0 Å². The van der Waals surface area contributed by atoms with Crippen molar-refractivity contribution in [2.24, 2.45) is 0 Å². The normalized spacial score (nSPS) is 11.8. The lowest BCUT2D eigenvalue weighted by Gasteiger charge is -2.16. The van der Waals surface area contributed by atoms with Crippen LogP contribution in [0.3, 0.4) is 0 Å². The van der Waals surface area contributed by atoms with Gasteiger partial charge in [-0.1, -0.05) is 18.2 Å². The quantitative estimate of drug-likeness (QED) is 0.532. The number of aryl methyl sites for hydroxylation is 1. The summed E-state index contributed by atoms with van der Waals surface area (Å²) >= 11 is 0. The molecule has 0 saturated carbocycles. The molecule has 0 fully saturated rings. The van der Waals surface area contributed by atoms with Crippen LogP contribution in [0.1, 0.15) is 37.5 Å². The zero-order chi connectivity index (χ0) is 25.3. The molecule has 0 atom stereocenters. The fourth-order valence-corrected chi connectivity index (χ4v) is 3.98. The van der Waals surface area contributed by atoms with Crippen molar-refractivity contribution in [2.75, 3.05) is 6.26 Å². The summed E-state index contributed by atoms with van der Waals surface area (Å²) in [5, 5.41) is 2.48. The Bertz CT molecular complexity index is 1430. The summed E-state index contributed by atoms with van der Waals surface area (Å²) in [6.07, 6.45) is -3.26. The molecule has 3 rings (SSSR count). The summed E-state index contributed by atoms with van der Waals surface area (Å²) in [5.74, 6) is -0.903. The van der Waals surface area contributed by atoms with Crippen molar-refractivity contribution >= 4 is 22.0 Å². The van der Waals surface area contributed by atoms with Gasteiger partial charge in [0, 0.05) is 29.7 Å². The molecule has 0 saturated heterocycles. The highest BCUT2D eigenvalue weighted by atomic mass is 32.2. The molecule has 2 aromatic carbocycles. The van der Waals surface area contributed by atoms with Gasteiger partial charge in [0.05, 0.1) is 10.5 Å². The van der Waals surface area contributed by atoms with Gasteiger partial charge in [-0.3, -0.25) is 19.0 Å². The second-order valence-electron chi connectivity index (χ2n) is 7.52. The van der Waals surface area contributed by atoms with E-state index in [1.165, 1.54) is 43.3 Å². The van der Waals surface area contributed by atoms with Gasteiger partial charge in [0.15, 0.2) is 16.1 Å². The predicted octanol–water partition coefficient (Wildman–Crippen LogP) is 3.31. The van der Waals surface area contributed by atoms with Gasteiger partial charge in [0.2, 0.25) is 0 Å². The Labute approximate surface area is 192 Å². The van der Waals surface area contributed by atoms with E-state index in [0.717, 1.165) is 29.0 Å². The number of nitrogens with one attached hydrogen (secondary N) is 1. The SMILES string of the molecule is Cc1cc(C=O)c(C(=O)NCc2ccc(S(C)(=O)=O)cc2)c(=O)n1-c1cccc(C(F)(F)F)c1. The molecule has 0 radical (unpaired) electrons. The highest BCUT2D eigenvalue weighted by Gasteiger charge is 2.31. The van der Waals surface area contributed by atoms with E-state index in [1.807, 2.05) is 0 Å². The number of rotatable bonds is 6. The topological polar surface area (TPSA) is 102 Å². The minimum absolute atomic E-state index is 0.0853. The molecule has 0 aliphatic rings. The first-order valence-electron chi connectivity index (χ1n) is 9.79. The summed E-state index contributed by atoms with van der Waals surface area (Å²) in [5.41, 5.74) is -2.08. The summed E-state index contributed by atoms with van der Waals surface area (Å²) < 4.78 is 63.4. The van der Waals surface area contributed by atoms with Gasteiger partial charge in [0.1, 0.15) is 5.56 Å². The number of carbonyl (C=O) groups excluding carboxylic acids is 2. The van der Waals surface area contributed by atoms with Crippen LogP contribution in [0.15, 0.2) is 64.3 Å². The number of hydrogen-bond acceptors (Lipinski definition) is 5. The Morgan fingerprint density at radius 2 is 1.74 bits per heavy atom. The van der Waals surface area contributed by atoms with Crippen molar-refractivity contribution in [3.8, 4) is 5.69 Å². The lowest BCUT2D eigenvalue weighted by atomic mass is 10.1. The van der Waals surface area contributed by atoms with E-state index in [9.17, 15) is 36.0 Å². The van der Waals surface area contributed by atoms with Gasteiger partial charge >= 0.3 is 6.18 Å². The van der Waals surface area contributed by atoms with Gasteiger partial charge < -0.3 is 5.32 Å². The van der Waals surface area contributed by atoms with E-state index in [-0.39, 0.29) is 28.4 Å². The molecule has 1 heterocycles. The fraction of sp³-hybridized carbons (Fsp3) is 0.174. The summed E-state index contributed by atoms with van der Waals surface area (Å²) in [6.45, 7) is 1.34. The lowest BCUT2D eigenvalue weighted by molar-refractivity contribution is -0.137. The van der Waals surface area contributed by atoms with E-state index < -0.39 is 38.6 Å². The Kier molecular flexibility index (Phi) is 6.78. The molecular formula is C23H19F3N2O5S. The Balaban J connectivity index is 1.98. The Morgan fingerprint density at radius 1 is 1.09 bits per heavy atom. The van der Waals surface area contributed by atoms with Crippen LogP contribution in [-0.2, 0) is 22.6 Å². The molecule has 1 aromatic heterocycles. The molecule has 3 aromatic rings. The second-order valence-corrected chi connectivity index (χ2v) is 9.54. The van der Waals surface area contributed by atoms with Crippen LogP contribution >= 0.6 is 0 Å². The highest BCUT2D eigenvalue weighted by molar-refractivity contribution is 7.90. The van der Waals surface area contributed by atoms with Crippen LogP contribution < -0.4 is 10.9 Å². The number of benzene rings is 2. The monoisotopic (exact) mass is 492 g/mol. The number of amides is 1. The zero-order valence-electron chi connectivity index (χ0n) is 18.0. The molecule has 1 amide bonds. The van der Waals surface area contributed by atoms with Crippen molar-refractivity contribution in [3.05, 3.63) is 92.9 Å². The number of carbonyl (C=O) groups is 2. The average Bonchev–Trinajstić information content (AvgIpc) is 2.76. The average molecular weight is 492 g/mol.